The lowest BCUT2D eigenvalue weighted by Crippen LogP contribution is -2.48. The van der Waals surface area contributed by atoms with Gasteiger partial charge in [0.15, 0.2) is 0 Å². The summed E-state index contributed by atoms with van der Waals surface area (Å²) in [4.78, 5) is 15.2. The number of urea groups is 1. The zero-order valence-electron chi connectivity index (χ0n) is 11.7. The summed E-state index contributed by atoms with van der Waals surface area (Å²) in [5.74, 6) is -2.96. The second-order valence-corrected chi connectivity index (χ2v) is 5.45. The molecule has 1 aliphatic rings. The van der Waals surface area contributed by atoms with E-state index >= 15 is 0 Å². The van der Waals surface area contributed by atoms with Crippen LogP contribution in [0.5, 0.6) is 0 Å². The molecular formula is C14H18F3N3O. The van der Waals surface area contributed by atoms with Gasteiger partial charge in [-0.15, -0.1) is 0 Å². The Labute approximate surface area is 121 Å². The number of amides is 2. The molecule has 0 saturated heterocycles. The Kier molecular flexibility index (Phi) is 4.69. The van der Waals surface area contributed by atoms with Crippen molar-refractivity contribution >= 4 is 6.03 Å². The van der Waals surface area contributed by atoms with Crippen LogP contribution in [0.25, 0.3) is 0 Å². The molecule has 2 N–H and O–H groups in total. The summed E-state index contributed by atoms with van der Waals surface area (Å²) in [5.41, 5.74) is 0.221. The molecule has 0 spiro atoms. The number of rotatable bonds is 5. The van der Waals surface area contributed by atoms with Crippen LogP contribution < -0.4 is 10.6 Å². The molecule has 2 amide bonds. The molecule has 0 aromatic carbocycles. The van der Waals surface area contributed by atoms with Gasteiger partial charge < -0.3 is 10.6 Å². The van der Waals surface area contributed by atoms with E-state index < -0.39 is 5.92 Å². The molecule has 1 aliphatic carbocycles. The number of alkyl halides is 3. The predicted octanol–water partition coefficient (Wildman–Crippen LogP) is 2.74. The standard InChI is InChI=1S/C14H18F3N3O/c1-14(16,17)12-6-9(2-3-18-12)8-19-13(21)20-11-4-10(5-11)7-15/h2-3,6,10-11H,4-5,7-8H2,1H3,(H2,19,20,21)/t10-,11-. The average Bonchev–Trinajstić information content (AvgIpc) is 2.39. The van der Waals surface area contributed by atoms with Gasteiger partial charge in [0.1, 0.15) is 5.69 Å². The molecule has 0 aliphatic heterocycles. The molecule has 21 heavy (non-hydrogen) atoms. The number of carbonyl (C=O) groups excluding carboxylic acids is 1. The maximum absolute atomic E-state index is 13.1. The fraction of sp³-hybridized carbons (Fsp3) is 0.571. The molecule has 1 aromatic heterocycles. The van der Waals surface area contributed by atoms with Crippen LogP contribution in [0.15, 0.2) is 18.3 Å². The molecular weight excluding hydrogens is 283 g/mol. The van der Waals surface area contributed by atoms with Gasteiger partial charge in [0, 0.05) is 25.7 Å². The van der Waals surface area contributed by atoms with Crippen LogP contribution in [0.1, 0.15) is 31.0 Å². The van der Waals surface area contributed by atoms with Gasteiger partial charge in [-0.3, -0.25) is 9.37 Å². The molecule has 1 saturated carbocycles. The van der Waals surface area contributed by atoms with Crippen molar-refractivity contribution in [2.24, 2.45) is 5.92 Å². The quantitative estimate of drug-likeness (QED) is 0.878. The second kappa shape index (κ2) is 6.32. The van der Waals surface area contributed by atoms with Crippen molar-refractivity contribution in [3.63, 3.8) is 0 Å². The Morgan fingerprint density at radius 2 is 2.19 bits per heavy atom. The fourth-order valence-electron chi connectivity index (χ4n) is 2.22. The second-order valence-electron chi connectivity index (χ2n) is 5.45. The smallest absolute Gasteiger partial charge is 0.315 e. The first-order valence-corrected chi connectivity index (χ1v) is 6.82. The normalized spacial score (nSPS) is 21.5. The molecule has 4 nitrogen and oxygen atoms in total. The molecule has 7 heteroatoms. The van der Waals surface area contributed by atoms with E-state index in [1.54, 1.807) is 6.07 Å². The number of nitrogens with zero attached hydrogens (tertiary/aromatic N) is 1. The molecule has 0 atom stereocenters. The third-order valence-corrected chi connectivity index (χ3v) is 3.52. The van der Waals surface area contributed by atoms with Gasteiger partial charge in [-0.1, -0.05) is 0 Å². The van der Waals surface area contributed by atoms with Gasteiger partial charge in [0.2, 0.25) is 0 Å². The fourth-order valence-corrected chi connectivity index (χ4v) is 2.22. The van der Waals surface area contributed by atoms with Gasteiger partial charge in [0.25, 0.3) is 5.92 Å². The first kappa shape index (κ1) is 15.6. The highest BCUT2D eigenvalue weighted by atomic mass is 19.3. The summed E-state index contributed by atoms with van der Waals surface area (Å²) < 4.78 is 38.5. The van der Waals surface area contributed by atoms with Crippen LogP contribution in [0.2, 0.25) is 0 Å². The summed E-state index contributed by atoms with van der Waals surface area (Å²) in [5, 5.41) is 5.31. The minimum absolute atomic E-state index is 0.00118. The zero-order valence-corrected chi connectivity index (χ0v) is 11.7. The monoisotopic (exact) mass is 301 g/mol. The summed E-state index contributed by atoms with van der Waals surface area (Å²) in [6.45, 7) is 0.554. The van der Waals surface area contributed by atoms with Crippen LogP contribution in [-0.4, -0.2) is 23.7 Å². The summed E-state index contributed by atoms with van der Waals surface area (Å²) in [6, 6.07) is 2.46. The van der Waals surface area contributed by atoms with Crippen LogP contribution in [0.3, 0.4) is 0 Å². The highest BCUT2D eigenvalue weighted by molar-refractivity contribution is 5.74. The van der Waals surface area contributed by atoms with Crippen LogP contribution >= 0.6 is 0 Å². The number of hydrogen-bond donors (Lipinski definition) is 2. The molecule has 0 unspecified atom stereocenters. The van der Waals surface area contributed by atoms with Crippen molar-refractivity contribution in [2.45, 2.75) is 38.3 Å². The number of aromatic nitrogens is 1. The van der Waals surface area contributed by atoms with Crippen molar-refractivity contribution in [1.82, 2.24) is 15.6 Å². The molecule has 116 valence electrons. The van der Waals surface area contributed by atoms with Crippen molar-refractivity contribution in [3.05, 3.63) is 29.6 Å². The summed E-state index contributed by atoms with van der Waals surface area (Å²) in [6.07, 6.45) is 2.58. The van der Waals surface area contributed by atoms with Gasteiger partial charge in [-0.05, 0) is 36.5 Å². The first-order chi connectivity index (χ1) is 9.88. The minimum atomic E-state index is -3.01. The number of carbonyl (C=O) groups is 1. The Bertz CT molecular complexity index is 498. The van der Waals surface area contributed by atoms with Crippen LogP contribution in [0, 0.1) is 5.92 Å². The van der Waals surface area contributed by atoms with E-state index in [4.69, 9.17) is 0 Å². The third-order valence-electron chi connectivity index (χ3n) is 3.52. The van der Waals surface area contributed by atoms with Crippen molar-refractivity contribution in [2.75, 3.05) is 6.67 Å². The van der Waals surface area contributed by atoms with Gasteiger partial charge in [-0.2, -0.15) is 8.78 Å². The predicted molar refractivity (Wildman–Crippen MR) is 71.7 cm³/mol. The van der Waals surface area contributed by atoms with Crippen molar-refractivity contribution < 1.29 is 18.0 Å². The van der Waals surface area contributed by atoms with Gasteiger partial charge in [-0.25, -0.2) is 4.79 Å². The van der Waals surface area contributed by atoms with E-state index in [9.17, 15) is 18.0 Å². The SMILES string of the molecule is CC(F)(F)c1cc(CNC(=O)N[C@H]2C[C@H](CF)C2)ccn1. The Hall–Kier alpha value is -1.79. The van der Waals surface area contributed by atoms with E-state index in [0.29, 0.717) is 18.4 Å². The Balaban J connectivity index is 1.79. The van der Waals surface area contributed by atoms with Crippen LogP contribution in [0.4, 0.5) is 18.0 Å². The van der Waals surface area contributed by atoms with E-state index in [-0.39, 0.29) is 36.9 Å². The maximum atomic E-state index is 13.1. The van der Waals surface area contributed by atoms with E-state index in [0.717, 1.165) is 6.92 Å². The molecule has 1 aromatic rings. The molecule has 1 heterocycles. The largest absolute Gasteiger partial charge is 0.335 e. The van der Waals surface area contributed by atoms with Gasteiger partial charge in [0.05, 0.1) is 6.67 Å². The number of pyridine rings is 1. The van der Waals surface area contributed by atoms with E-state index in [1.165, 1.54) is 12.3 Å². The summed E-state index contributed by atoms with van der Waals surface area (Å²) in [7, 11) is 0. The minimum Gasteiger partial charge on any atom is -0.335 e. The van der Waals surface area contributed by atoms with Crippen LogP contribution in [-0.2, 0) is 12.5 Å². The maximum Gasteiger partial charge on any atom is 0.315 e. The molecule has 1 fully saturated rings. The Morgan fingerprint density at radius 3 is 2.81 bits per heavy atom. The Morgan fingerprint density at radius 1 is 1.48 bits per heavy atom. The average molecular weight is 301 g/mol. The lowest BCUT2D eigenvalue weighted by molar-refractivity contribution is 0.0127. The van der Waals surface area contributed by atoms with Gasteiger partial charge >= 0.3 is 6.03 Å². The first-order valence-electron chi connectivity index (χ1n) is 6.82. The molecule has 0 bridgehead atoms. The highest BCUT2D eigenvalue weighted by Gasteiger charge is 2.30. The zero-order chi connectivity index (χ0) is 15.5. The van der Waals surface area contributed by atoms with E-state index in [2.05, 4.69) is 15.6 Å². The van der Waals surface area contributed by atoms with Crippen molar-refractivity contribution in [1.29, 1.82) is 0 Å². The van der Waals surface area contributed by atoms with E-state index in [1.807, 2.05) is 0 Å². The third kappa shape index (κ3) is 4.34. The number of hydrogen-bond acceptors (Lipinski definition) is 2. The summed E-state index contributed by atoms with van der Waals surface area (Å²) >= 11 is 0. The number of nitrogens with one attached hydrogen (secondary N) is 2. The number of halogens is 3. The highest BCUT2D eigenvalue weighted by Crippen LogP contribution is 2.27. The lowest BCUT2D eigenvalue weighted by Gasteiger charge is -2.33. The van der Waals surface area contributed by atoms with Crippen molar-refractivity contribution in [3.8, 4) is 0 Å². The molecule has 0 radical (unpaired) electrons. The molecule has 2 rings (SSSR count). The topological polar surface area (TPSA) is 54.0 Å². The lowest BCUT2D eigenvalue weighted by atomic mass is 9.81.